The highest BCUT2D eigenvalue weighted by Crippen LogP contribution is 2.04. The molecule has 0 bridgehead atoms. The van der Waals surface area contributed by atoms with Gasteiger partial charge in [-0.3, -0.25) is 0 Å². The van der Waals surface area contributed by atoms with Gasteiger partial charge in [-0.05, 0) is 6.42 Å². The van der Waals surface area contributed by atoms with Gasteiger partial charge >= 0.3 is 0 Å². The summed E-state index contributed by atoms with van der Waals surface area (Å²) in [6.45, 7) is 0.582. The molecule has 0 saturated carbocycles. The molecule has 0 unspecified atom stereocenters. The summed E-state index contributed by atoms with van der Waals surface area (Å²) in [6.07, 6.45) is 0.315. The molecule has 2 N–H and O–H groups in total. The van der Waals surface area contributed by atoms with Crippen LogP contribution in [0.3, 0.4) is 0 Å². The van der Waals surface area contributed by atoms with Crippen molar-refractivity contribution in [1.82, 2.24) is 5.32 Å². The van der Waals surface area contributed by atoms with Gasteiger partial charge in [0.25, 0.3) is 0 Å². The molecule has 1 heterocycles. The van der Waals surface area contributed by atoms with Crippen LogP contribution in [0.25, 0.3) is 0 Å². The average molecular weight is 145 g/mol. The smallest absolute Gasteiger partial charge is 0.117 e. The number of nitrogens with one attached hydrogen (secondary N) is 1. The van der Waals surface area contributed by atoms with Crippen LogP contribution in [0.2, 0.25) is 0 Å². The maximum atomic E-state index is 10.7. The van der Waals surface area contributed by atoms with Gasteiger partial charge in [0.1, 0.15) is 5.41 Å². The zero-order valence-electron chi connectivity index (χ0n) is 5.42. The van der Waals surface area contributed by atoms with E-state index >= 15 is 0 Å². The van der Waals surface area contributed by atoms with Gasteiger partial charge in [-0.2, -0.15) is 0 Å². The highest BCUT2D eigenvalue weighted by Gasteiger charge is 2.24. The highest BCUT2D eigenvalue weighted by molar-refractivity contribution is 6.59. The van der Waals surface area contributed by atoms with Crippen molar-refractivity contribution in [2.45, 2.75) is 18.6 Å². The van der Waals surface area contributed by atoms with Gasteiger partial charge in [0.15, 0.2) is 0 Å². The molecule has 4 heteroatoms. The standard InChI is InChI=1S/C5H11NO2Si/c7-3-1-4(5(8)9)6-2-3/h3-4,6-7H,1-2H2,9H3/t3-,4+/m1/s1. The molecule has 1 saturated heterocycles. The molecule has 2 atom stereocenters. The molecule has 0 radical (unpaired) electrons. The fraction of sp³-hybridized carbons (Fsp3) is 0.800. The number of β-amino-alcohol motifs (C(OH)–C–C–N with tert-alkyl or cyclic N) is 1. The predicted octanol–water partition coefficient (Wildman–Crippen LogP) is -2.40. The van der Waals surface area contributed by atoms with Crippen LogP contribution in [0, 0.1) is 0 Å². The minimum atomic E-state index is -0.298. The van der Waals surface area contributed by atoms with Crippen molar-refractivity contribution in [2.24, 2.45) is 0 Å². The van der Waals surface area contributed by atoms with E-state index in [0.29, 0.717) is 23.2 Å². The number of hydrogen-bond donors (Lipinski definition) is 2. The first-order chi connectivity index (χ1) is 4.20. The second kappa shape index (κ2) is 2.59. The summed E-state index contributed by atoms with van der Waals surface area (Å²) in [5.74, 6) is 0. The Bertz CT molecular complexity index is 128. The third-order valence-corrected chi connectivity index (χ3v) is 2.30. The molecule has 52 valence electrons. The van der Waals surface area contributed by atoms with E-state index in [9.17, 15) is 4.79 Å². The van der Waals surface area contributed by atoms with Crippen molar-refractivity contribution in [3.05, 3.63) is 0 Å². The van der Waals surface area contributed by atoms with Gasteiger partial charge in [0, 0.05) is 6.54 Å². The Balaban J connectivity index is 2.39. The fourth-order valence-electron chi connectivity index (χ4n) is 1.03. The van der Waals surface area contributed by atoms with Gasteiger partial charge in [-0.25, -0.2) is 0 Å². The quantitative estimate of drug-likeness (QED) is 0.404. The Morgan fingerprint density at radius 2 is 2.44 bits per heavy atom. The lowest BCUT2D eigenvalue weighted by molar-refractivity contribution is -0.113. The number of carbonyl (C=O) groups excluding carboxylic acids is 1. The van der Waals surface area contributed by atoms with Crippen LogP contribution in [0.4, 0.5) is 0 Å². The van der Waals surface area contributed by atoms with E-state index in [2.05, 4.69) is 5.32 Å². The van der Waals surface area contributed by atoms with Gasteiger partial charge < -0.3 is 15.2 Å². The zero-order chi connectivity index (χ0) is 6.85. The van der Waals surface area contributed by atoms with Crippen LogP contribution in [0.15, 0.2) is 0 Å². The lowest BCUT2D eigenvalue weighted by Gasteiger charge is -2.02. The SMILES string of the molecule is O=C([SiH3])[C@@H]1C[C@@H](O)CN1. The molecule has 1 fully saturated rings. The third kappa shape index (κ3) is 1.61. The number of hydrogen-bond acceptors (Lipinski definition) is 3. The first-order valence-electron chi connectivity index (χ1n) is 3.12. The summed E-state index contributed by atoms with van der Waals surface area (Å²) in [7, 11) is 0.590. The maximum absolute atomic E-state index is 10.7. The van der Waals surface area contributed by atoms with Crippen LogP contribution in [-0.2, 0) is 4.79 Å². The van der Waals surface area contributed by atoms with Crippen LogP contribution >= 0.6 is 0 Å². The van der Waals surface area contributed by atoms with E-state index in [0.717, 1.165) is 0 Å². The molecular formula is C5H11NO2Si. The van der Waals surface area contributed by atoms with E-state index in [1.807, 2.05) is 0 Å². The molecule has 0 aromatic heterocycles. The molecule has 3 nitrogen and oxygen atoms in total. The van der Waals surface area contributed by atoms with Crippen molar-refractivity contribution in [3.63, 3.8) is 0 Å². The molecule has 0 aromatic rings. The van der Waals surface area contributed by atoms with Crippen LogP contribution < -0.4 is 5.32 Å². The summed E-state index contributed by atoms with van der Waals surface area (Å²) in [4.78, 5) is 10.7. The second-order valence-corrected chi connectivity index (χ2v) is 3.45. The average Bonchev–Trinajstić information content (AvgIpc) is 2.14. The first-order valence-corrected chi connectivity index (χ1v) is 4.12. The summed E-state index contributed by atoms with van der Waals surface area (Å²) in [6, 6.07) is -0.0355. The van der Waals surface area contributed by atoms with Crippen molar-refractivity contribution in [1.29, 1.82) is 0 Å². The fourth-order valence-corrected chi connectivity index (χ4v) is 1.47. The Hall–Kier alpha value is -0.193. The molecule has 9 heavy (non-hydrogen) atoms. The molecular weight excluding hydrogens is 134 g/mol. The zero-order valence-corrected chi connectivity index (χ0v) is 7.42. The van der Waals surface area contributed by atoms with Crippen molar-refractivity contribution >= 4 is 15.6 Å². The van der Waals surface area contributed by atoms with E-state index in [-0.39, 0.29) is 17.6 Å². The monoisotopic (exact) mass is 145 g/mol. The highest BCUT2D eigenvalue weighted by atomic mass is 28.1. The van der Waals surface area contributed by atoms with Gasteiger partial charge in [0.2, 0.25) is 0 Å². The Morgan fingerprint density at radius 1 is 1.78 bits per heavy atom. The molecule has 0 spiro atoms. The Morgan fingerprint density at radius 3 is 2.67 bits per heavy atom. The summed E-state index contributed by atoms with van der Waals surface area (Å²) in [5.41, 5.74) is 0. The van der Waals surface area contributed by atoms with Crippen molar-refractivity contribution in [3.8, 4) is 0 Å². The largest absolute Gasteiger partial charge is 0.392 e. The van der Waals surface area contributed by atoms with Gasteiger partial charge in [-0.1, -0.05) is 0 Å². The summed E-state index contributed by atoms with van der Waals surface area (Å²) < 4.78 is 0. The minimum Gasteiger partial charge on any atom is -0.392 e. The number of rotatable bonds is 1. The van der Waals surface area contributed by atoms with Crippen LogP contribution in [-0.4, -0.2) is 39.4 Å². The van der Waals surface area contributed by atoms with Gasteiger partial charge in [-0.15, -0.1) is 0 Å². The molecule has 1 rings (SSSR count). The number of aliphatic hydroxyl groups is 1. The lowest BCUT2D eigenvalue weighted by atomic mass is 10.2. The van der Waals surface area contributed by atoms with E-state index in [1.165, 1.54) is 0 Å². The number of carbonyl (C=O) groups is 1. The topological polar surface area (TPSA) is 49.3 Å². The summed E-state index contributed by atoms with van der Waals surface area (Å²) >= 11 is 0. The predicted molar refractivity (Wildman–Crippen MR) is 37.4 cm³/mol. The molecule has 1 aliphatic heterocycles. The second-order valence-electron chi connectivity index (χ2n) is 2.46. The van der Waals surface area contributed by atoms with E-state index < -0.39 is 0 Å². The normalized spacial score (nSPS) is 35.2. The van der Waals surface area contributed by atoms with Crippen molar-refractivity contribution < 1.29 is 9.90 Å². The van der Waals surface area contributed by atoms with E-state index in [4.69, 9.17) is 5.11 Å². The molecule has 1 aliphatic rings. The Kier molecular flexibility index (Phi) is 2.00. The molecule has 0 aromatic carbocycles. The summed E-state index contributed by atoms with van der Waals surface area (Å²) in [5, 5.41) is 12.1. The third-order valence-electron chi connectivity index (χ3n) is 1.60. The van der Waals surface area contributed by atoms with Crippen LogP contribution in [0.1, 0.15) is 6.42 Å². The Labute approximate surface area is 56.9 Å². The molecule has 0 amide bonds. The van der Waals surface area contributed by atoms with E-state index in [1.54, 1.807) is 0 Å². The van der Waals surface area contributed by atoms with Crippen molar-refractivity contribution in [2.75, 3.05) is 6.54 Å². The van der Waals surface area contributed by atoms with Crippen LogP contribution in [0.5, 0.6) is 0 Å². The molecule has 0 aliphatic carbocycles. The maximum Gasteiger partial charge on any atom is 0.117 e. The van der Waals surface area contributed by atoms with Gasteiger partial charge in [0.05, 0.1) is 22.4 Å². The number of aliphatic hydroxyl groups excluding tert-OH is 1. The first kappa shape index (κ1) is 6.92. The lowest BCUT2D eigenvalue weighted by Crippen LogP contribution is -2.30. The minimum absolute atomic E-state index is 0.0355.